The van der Waals surface area contributed by atoms with Crippen molar-refractivity contribution in [2.75, 3.05) is 19.6 Å². The van der Waals surface area contributed by atoms with Crippen LogP contribution < -0.4 is 26.6 Å². The van der Waals surface area contributed by atoms with E-state index in [2.05, 4.69) is 26.6 Å². The molecule has 0 spiro atoms. The molecule has 6 fully saturated rings. The van der Waals surface area contributed by atoms with Crippen LogP contribution in [0.5, 0.6) is 0 Å². The number of rotatable bonds is 5. The first-order valence-corrected chi connectivity index (χ1v) is 17.2. The zero-order valence-electron chi connectivity index (χ0n) is 28.0. The number of piperidine rings is 2. The van der Waals surface area contributed by atoms with Gasteiger partial charge in [-0.05, 0) is 76.7 Å². The van der Waals surface area contributed by atoms with Crippen LogP contribution in [-0.4, -0.2) is 129 Å². The SMILES string of the molecule is CC(=O)[C@@H]1C=CCN1.O=C(O)[C@@H]1CC(O)CCN1.O=C(O)[C@@H]1CC2CCCCC2N1.O=C(O)[C@H]1NC2CCC1C2.O=C1CN[C@H](C(=O)O)C1. The highest BCUT2D eigenvalue weighted by Crippen LogP contribution is 2.35. The molecule has 0 aromatic rings. The highest BCUT2D eigenvalue weighted by Gasteiger charge is 2.42. The van der Waals surface area contributed by atoms with E-state index in [4.69, 9.17) is 25.5 Å². The molecule has 2 aliphatic carbocycles. The molecular formula is C33H53N5O11. The molecule has 7 aliphatic rings. The number of hydrogen-bond donors (Lipinski definition) is 10. The minimum atomic E-state index is -0.944. The van der Waals surface area contributed by atoms with Crippen LogP contribution in [0.15, 0.2) is 12.2 Å². The lowest BCUT2D eigenvalue weighted by molar-refractivity contribution is -0.141. The quantitative estimate of drug-likeness (QED) is 0.162. The van der Waals surface area contributed by atoms with Crippen molar-refractivity contribution in [2.45, 2.75) is 126 Å². The number of aliphatic hydroxyl groups excluding tert-OH is 1. The third-order valence-electron chi connectivity index (χ3n) is 9.96. The van der Waals surface area contributed by atoms with E-state index in [-0.39, 0.29) is 42.7 Å². The number of carbonyl (C=O) groups is 6. The molecule has 5 unspecified atom stereocenters. The number of ketones is 2. The minimum absolute atomic E-state index is 0.00463. The zero-order valence-corrected chi connectivity index (χ0v) is 28.0. The van der Waals surface area contributed by atoms with Gasteiger partial charge in [-0.1, -0.05) is 25.0 Å². The third kappa shape index (κ3) is 13.2. The molecule has 10 atom stereocenters. The van der Waals surface area contributed by atoms with E-state index in [0.29, 0.717) is 43.3 Å². The average Bonchev–Trinajstić information content (AvgIpc) is 3.91. The predicted molar refractivity (Wildman–Crippen MR) is 176 cm³/mol. The molecule has 5 aliphatic heterocycles. The van der Waals surface area contributed by atoms with Gasteiger partial charge < -0.3 is 46.8 Å². The van der Waals surface area contributed by atoms with Crippen molar-refractivity contribution in [2.24, 2.45) is 11.8 Å². The molecule has 0 aromatic heterocycles. The lowest BCUT2D eigenvalue weighted by Gasteiger charge is -2.24. The molecule has 0 amide bonds. The molecule has 5 heterocycles. The van der Waals surface area contributed by atoms with Crippen LogP contribution in [0.2, 0.25) is 0 Å². The van der Waals surface area contributed by atoms with Crippen LogP contribution in [0.25, 0.3) is 0 Å². The highest BCUT2D eigenvalue weighted by molar-refractivity contribution is 5.90. The molecule has 2 bridgehead atoms. The maximum Gasteiger partial charge on any atom is 0.321 e. The lowest BCUT2D eigenvalue weighted by Crippen LogP contribution is -2.45. The van der Waals surface area contributed by atoms with Crippen LogP contribution in [0.4, 0.5) is 0 Å². The van der Waals surface area contributed by atoms with Crippen LogP contribution in [0, 0.1) is 11.8 Å². The number of nitrogens with one attached hydrogen (secondary N) is 5. The van der Waals surface area contributed by atoms with E-state index >= 15 is 0 Å². The van der Waals surface area contributed by atoms with Crippen molar-refractivity contribution < 1.29 is 54.3 Å². The summed E-state index contributed by atoms with van der Waals surface area (Å²) in [7, 11) is 0. The molecular weight excluding hydrogens is 642 g/mol. The molecule has 276 valence electrons. The maximum absolute atomic E-state index is 10.7. The number of carbonyl (C=O) groups excluding carboxylic acids is 2. The summed E-state index contributed by atoms with van der Waals surface area (Å²) in [6.07, 6.45) is 13.7. The van der Waals surface area contributed by atoms with Gasteiger partial charge in [0.2, 0.25) is 0 Å². The summed E-state index contributed by atoms with van der Waals surface area (Å²) in [4.78, 5) is 62.6. The summed E-state index contributed by atoms with van der Waals surface area (Å²) in [5, 5.41) is 57.9. The van der Waals surface area contributed by atoms with E-state index in [1.165, 1.54) is 32.1 Å². The van der Waals surface area contributed by atoms with Crippen molar-refractivity contribution in [3.05, 3.63) is 12.2 Å². The van der Waals surface area contributed by atoms with Gasteiger partial charge in [0, 0.05) is 25.0 Å². The van der Waals surface area contributed by atoms with Crippen molar-refractivity contribution in [1.82, 2.24) is 26.6 Å². The van der Waals surface area contributed by atoms with Crippen LogP contribution in [0.1, 0.15) is 77.6 Å². The van der Waals surface area contributed by atoms with Crippen molar-refractivity contribution in [3.8, 4) is 0 Å². The van der Waals surface area contributed by atoms with E-state index < -0.39 is 42.1 Å². The molecule has 4 saturated heterocycles. The van der Waals surface area contributed by atoms with Gasteiger partial charge in [-0.25, -0.2) is 0 Å². The Balaban J connectivity index is 0.000000167. The first-order chi connectivity index (χ1) is 23.2. The Morgan fingerprint density at radius 3 is 1.80 bits per heavy atom. The first-order valence-electron chi connectivity index (χ1n) is 17.2. The predicted octanol–water partition coefficient (Wildman–Crippen LogP) is -0.507. The maximum atomic E-state index is 10.7. The van der Waals surface area contributed by atoms with Gasteiger partial charge >= 0.3 is 23.9 Å². The molecule has 16 nitrogen and oxygen atoms in total. The molecule has 49 heavy (non-hydrogen) atoms. The van der Waals surface area contributed by atoms with Crippen LogP contribution in [0.3, 0.4) is 0 Å². The number of aliphatic hydroxyl groups is 1. The number of Topliss-reactive ketones (excluding diaryl/α,β-unsaturated/α-hetero) is 2. The highest BCUT2D eigenvalue weighted by atomic mass is 16.4. The van der Waals surface area contributed by atoms with Gasteiger partial charge in [0.25, 0.3) is 0 Å². The Kier molecular flexibility index (Phi) is 16.2. The second kappa shape index (κ2) is 19.8. The van der Waals surface area contributed by atoms with Gasteiger partial charge in [0.1, 0.15) is 30.0 Å². The van der Waals surface area contributed by atoms with Gasteiger partial charge in [-0.15, -0.1) is 0 Å². The van der Waals surface area contributed by atoms with Gasteiger partial charge in [0.15, 0.2) is 5.78 Å². The number of carboxylic acid groups (broad SMARTS) is 4. The summed E-state index contributed by atoms with van der Waals surface area (Å²) >= 11 is 0. The molecule has 2 saturated carbocycles. The Labute approximate surface area is 285 Å². The van der Waals surface area contributed by atoms with Crippen LogP contribution >= 0.6 is 0 Å². The topological polar surface area (TPSA) is 264 Å². The van der Waals surface area contributed by atoms with E-state index in [1.54, 1.807) is 6.92 Å². The summed E-state index contributed by atoms with van der Waals surface area (Å²) in [6, 6.07) is -0.695. The van der Waals surface area contributed by atoms with Crippen molar-refractivity contribution >= 4 is 35.4 Å². The van der Waals surface area contributed by atoms with E-state index in [1.807, 2.05) is 12.2 Å². The van der Waals surface area contributed by atoms with Gasteiger partial charge in [-0.3, -0.25) is 34.1 Å². The largest absolute Gasteiger partial charge is 0.480 e. The standard InChI is InChI=1S/C9H15NO2.C7H11NO2.C6H11NO3.C6H9NO.C5H7NO3/c11-9(12)8-5-6-3-1-2-4-7(6)10-8;9-7(10)6-4-1-2-5(3-4)8-6;8-4-1-2-7-5(3-4)6(9)10;1-5(8)6-3-2-4-7-6;7-3-1-4(5(8)9)6-2-3/h6-8,10H,1-5H2,(H,11,12);4-6,8H,1-3H2,(H,9,10);4-5,7-8H,1-3H2,(H,9,10);2-3,6-7H,4H2,1H3;4,6H,1-2H2,(H,8,9)/t6?,7?,8-;4?,5?,6-;4?,5-;6-;4-/m00000/s1. The summed E-state index contributed by atoms with van der Waals surface area (Å²) < 4.78 is 0. The Bertz CT molecular complexity index is 1190. The molecule has 0 aromatic carbocycles. The molecule has 7 rings (SSSR count). The first kappa shape index (κ1) is 40.2. The van der Waals surface area contributed by atoms with Gasteiger partial charge in [0.05, 0.1) is 18.7 Å². The second-order valence-corrected chi connectivity index (χ2v) is 13.7. The molecule has 10 N–H and O–H groups in total. The lowest BCUT2D eigenvalue weighted by atomic mass is 9.85. The fourth-order valence-electron chi connectivity index (χ4n) is 7.26. The number of fused-ring (bicyclic) bond motifs is 3. The molecule has 16 heteroatoms. The van der Waals surface area contributed by atoms with E-state index in [0.717, 1.165) is 25.8 Å². The molecule has 0 radical (unpaired) electrons. The third-order valence-corrected chi connectivity index (χ3v) is 9.96. The normalized spacial score (nSPS) is 35.1. The van der Waals surface area contributed by atoms with Crippen LogP contribution in [-0.2, 0) is 28.8 Å². The fourth-order valence-corrected chi connectivity index (χ4v) is 7.26. The Morgan fingerprint density at radius 2 is 1.41 bits per heavy atom. The van der Waals surface area contributed by atoms with Crippen molar-refractivity contribution in [1.29, 1.82) is 0 Å². The Hall–Kier alpha value is -3.28. The Morgan fingerprint density at radius 1 is 0.714 bits per heavy atom. The fraction of sp³-hybridized carbons (Fsp3) is 0.758. The number of aliphatic carboxylic acids is 4. The number of hydrogen-bond acceptors (Lipinski definition) is 12. The minimum Gasteiger partial charge on any atom is -0.480 e. The van der Waals surface area contributed by atoms with Crippen molar-refractivity contribution in [3.63, 3.8) is 0 Å². The summed E-state index contributed by atoms with van der Waals surface area (Å²) in [6.45, 7) is 3.23. The zero-order chi connectivity index (χ0) is 36.1. The monoisotopic (exact) mass is 695 g/mol. The number of carboxylic acids is 4. The van der Waals surface area contributed by atoms with E-state index in [9.17, 15) is 28.8 Å². The summed E-state index contributed by atoms with van der Waals surface area (Å²) in [5.74, 6) is -1.94. The smallest absolute Gasteiger partial charge is 0.321 e. The second-order valence-electron chi connectivity index (χ2n) is 13.7. The average molecular weight is 696 g/mol. The summed E-state index contributed by atoms with van der Waals surface area (Å²) in [5.41, 5.74) is 0. The van der Waals surface area contributed by atoms with Gasteiger partial charge in [-0.2, -0.15) is 0 Å².